The van der Waals surface area contributed by atoms with Crippen LogP contribution in [0.2, 0.25) is 0 Å². The Morgan fingerprint density at radius 1 is 1.04 bits per heavy atom. The third-order valence-corrected chi connectivity index (χ3v) is 4.68. The second kappa shape index (κ2) is 7.15. The molecule has 1 aliphatic carbocycles. The molecule has 1 unspecified atom stereocenters. The summed E-state index contributed by atoms with van der Waals surface area (Å²) in [6.07, 6.45) is 5.09. The monoisotopic (exact) mass is 364 g/mol. The number of benzene rings is 1. The highest BCUT2D eigenvalue weighted by atomic mass is 16.3. The van der Waals surface area contributed by atoms with E-state index in [1.807, 2.05) is 24.0 Å². The van der Waals surface area contributed by atoms with Crippen LogP contribution in [0.25, 0.3) is 0 Å². The van der Waals surface area contributed by atoms with Gasteiger partial charge in [0.2, 0.25) is 0 Å². The highest BCUT2D eigenvalue weighted by Crippen LogP contribution is 2.35. The van der Waals surface area contributed by atoms with Gasteiger partial charge in [0.15, 0.2) is 5.76 Å². The number of carbonyl (C=O) groups is 2. The number of furan rings is 2. The van der Waals surface area contributed by atoms with E-state index in [-0.39, 0.29) is 29.7 Å². The van der Waals surface area contributed by atoms with Crippen molar-refractivity contribution < 1.29 is 18.4 Å². The van der Waals surface area contributed by atoms with Gasteiger partial charge in [-0.05, 0) is 68.3 Å². The number of anilines is 1. The Hall–Kier alpha value is -3.28. The molecule has 6 heteroatoms. The van der Waals surface area contributed by atoms with Crippen molar-refractivity contribution >= 4 is 17.5 Å². The first kappa shape index (κ1) is 17.1. The summed E-state index contributed by atoms with van der Waals surface area (Å²) in [5, 5.41) is 2.75. The van der Waals surface area contributed by atoms with E-state index in [0.29, 0.717) is 11.3 Å². The number of hydrogen-bond acceptors (Lipinski definition) is 4. The second-order valence-electron chi connectivity index (χ2n) is 6.64. The van der Waals surface area contributed by atoms with E-state index in [9.17, 15) is 9.59 Å². The molecule has 0 bridgehead atoms. The van der Waals surface area contributed by atoms with Crippen molar-refractivity contribution in [3.05, 3.63) is 78.1 Å². The molecule has 0 saturated heterocycles. The average molecular weight is 364 g/mol. The van der Waals surface area contributed by atoms with Crippen molar-refractivity contribution in [2.24, 2.45) is 0 Å². The molecule has 1 fully saturated rings. The molecule has 1 N–H and O–H groups in total. The van der Waals surface area contributed by atoms with Crippen LogP contribution in [-0.4, -0.2) is 22.8 Å². The zero-order valence-corrected chi connectivity index (χ0v) is 14.9. The first-order chi connectivity index (χ1) is 13.1. The van der Waals surface area contributed by atoms with E-state index in [4.69, 9.17) is 8.83 Å². The molecule has 2 heterocycles. The van der Waals surface area contributed by atoms with Gasteiger partial charge in [-0.1, -0.05) is 0 Å². The van der Waals surface area contributed by atoms with Crippen LogP contribution >= 0.6 is 0 Å². The van der Waals surface area contributed by atoms with Gasteiger partial charge >= 0.3 is 0 Å². The predicted molar refractivity (Wildman–Crippen MR) is 99.4 cm³/mol. The number of rotatable bonds is 6. The van der Waals surface area contributed by atoms with Crippen LogP contribution in [0.4, 0.5) is 5.69 Å². The minimum atomic E-state index is -0.329. The molecule has 1 atom stereocenters. The summed E-state index contributed by atoms with van der Waals surface area (Å²) in [6.45, 7) is 1.98. The molecule has 1 aromatic carbocycles. The van der Waals surface area contributed by atoms with Crippen molar-refractivity contribution in [3.8, 4) is 0 Å². The summed E-state index contributed by atoms with van der Waals surface area (Å²) < 4.78 is 10.6. The van der Waals surface area contributed by atoms with Crippen LogP contribution in [-0.2, 0) is 0 Å². The number of hydrogen-bond donors (Lipinski definition) is 1. The Labute approximate surface area is 156 Å². The van der Waals surface area contributed by atoms with E-state index >= 15 is 0 Å². The van der Waals surface area contributed by atoms with Crippen molar-refractivity contribution in [2.45, 2.75) is 31.8 Å². The fraction of sp³-hybridized carbons (Fsp3) is 0.238. The lowest BCUT2D eigenvalue weighted by Crippen LogP contribution is -2.35. The lowest BCUT2D eigenvalue weighted by atomic mass is 10.1. The largest absolute Gasteiger partial charge is 0.467 e. The highest BCUT2D eigenvalue weighted by molar-refractivity contribution is 6.02. The molecule has 0 radical (unpaired) electrons. The maximum absolute atomic E-state index is 13.1. The number of nitrogens with one attached hydrogen (secondary N) is 1. The van der Waals surface area contributed by atoms with Crippen LogP contribution in [0.5, 0.6) is 0 Å². The zero-order chi connectivity index (χ0) is 18.8. The van der Waals surface area contributed by atoms with Gasteiger partial charge in [0.25, 0.3) is 11.8 Å². The lowest BCUT2D eigenvalue weighted by molar-refractivity contribution is 0.0652. The maximum Gasteiger partial charge on any atom is 0.291 e. The molecule has 2 aromatic heterocycles. The van der Waals surface area contributed by atoms with E-state index in [2.05, 4.69) is 5.32 Å². The topological polar surface area (TPSA) is 75.7 Å². The molecular weight excluding hydrogens is 344 g/mol. The summed E-state index contributed by atoms with van der Waals surface area (Å²) >= 11 is 0. The molecule has 2 amide bonds. The van der Waals surface area contributed by atoms with Gasteiger partial charge in [-0.2, -0.15) is 0 Å². The number of amides is 2. The first-order valence-corrected chi connectivity index (χ1v) is 8.94. The van der Waals surface area contributed by atoms with Gasteiger partial charge in [-0.25, -0.2) is 0 Å². The van der Waals surface area contributed by atoms with Gasteiger partial charge in [0, 0.05) is 17.3 Å². The average Bonchev–Trinajstić information content (AvgIpc) is 3.17. The molecular formula is C21H20N2O4. The minimum absolute atomic E-state index is 0.0367. The molecule has 6 nitrogen and oxygen atoms in total. The quantitative estimate of drug-likeness (QED) is 0.699. The first-order valence-electron chi connectivity index (χ1n) is 8.94. The fourth-order valence-corrected chi connectivity index (χ4v) is 3.12. The molecule has 1 saturated carbocycles. The summed E-state index contributed by atoms with van der Waals surface area (Å²) in [7, 11) is 0. The highest BCUT2D eigenvalue weighted by Gasteiger charge is 2.37. The fourth-order valence-electron chi connectivity index (χ4n) is 3.12. The van der Waals surface area contributed by atoms with Gasteiger partial charge < -0.3 is 19.1 Å². The minimum Gasteiger partial charge on any atom is -0.467 e. The standard InChI is InChI=1S/C21H20N2O4/c1-14(18-4-2-12-26-18)23(17-10-11-17)21(25)15-6-8-16(9-7-15)22-20(24)19-5-3-13-27-19/h2-9,12-14,17H,10-11H2,1H3,(H,22,24). The molecule has 0 spiro atoms. The van der Waals surface area contributed by atoms with Gasteiger partial charge in [0.1, 0.15) is 5.76 Å². The molecule has 0 aliphatic heterocycles. The van der Waals surface area contributed by atoms with E-state index in [1.54, 1.807) is 42.7 Å². The van der Waals surface area contributed by atoms with E-state index in [0.717, 1.165) is 18.6 Å². The summed E-state index contributed by atoms with van der Waals surface area (Å²) in [5.74, 6) is 0.648. The molecule has 27 heavy (non-hydrogen) atoms. The van der Waals surface area contributed by atoms with Crippen LogP contribution in [0, 0.1) is 0 Å². The van der Waals surface area contributed by atoms with Crippen LogP contribution in [0.15, 0.2) is 69.9 Å². The summed E-state index contributed by atoms with van der Waals surface area (Å²) in [4.78, 5) is 27.0. The zero-order valence-electron chi connectivity index (χ0n) is 14.9. The third kappa shape index (κ3) is 3.65. The van der Waals surface area contributed by atoms with Crippen LogP contribution in [0.1, 0.15) is 52.5 Å². The van der Waals surface area contributed by atoms with Gasteiger partial charge in [-0.3, -0.25) is 9.59 Å². The SMILES string of the molecule is CC(c1ccco1)N(C(=O)c1ccc(NC(=O)c2ccco2)cc1)C1CC1. The van der Waals surface area contributed by atoms with Crippen molar-refractivity contribution in [1.29, 1.82) is 0 Å². The maximum atomic E-state index is 13.1. The van der Waals surface area contributed by atoms with Crippen molar-refractivity contribution in [1.82, 2.24) is 4.90 Å². The molecule has 4 rings (SSSR count). The Kier molecular flexibility index (Phi) is 4.54. The lowest BCUT2D eigenvalue weighted by Gasteiger charge is -2.28. The van der Waals surface area contributed by atoms with E-state index in [1.165, 1.54) is 6.26 Å². The smallest absolute Gasteiger partial charge is 0.291 e. The van der Waals surface area contributed by atoms with Crippen molar-refractivity contribution in [3.63, 3.8) is 0 Å². The van der Waals surface area contributed by atoms with Crippen molar-refractivity contribution in [2.75, 3.05) is 5.32 Å². The molecule has 138 valence electrons. The Morgan fingerprint density at radius 2 is 1.74 bits per heavy atom. The summed E-state index contributed by atoms with van der Waals surface area (Å²) in [5.41, 5.74) is 1.18. The van der Waals surface area contributed by atoms with Gasteiger partial charge in [0.05, 0.1) is 18.6 Å². The predicted octanol–water partition coefficient (Wildman–Crippen LogP) is 4.49. The second-order valence-corrected chi connectivity index (χ2v) is 6.64. The Balaban J connectivity index is 1.48. The Morgan fingerprint density at radius 3 is 2.33 bits per heavy atom. The summed E-state index contributed by atoms with van der Waals surface area (Å²) in [6, 6.07) is 14.0. The number of nitrogens with zero attached hydrogens (tertiary/aromatic N) is 1. The molecule has 3 aromatic rings. The normalized spacial score (nSPS) is 14.6. The van der Waals surface area contributed by atoms with Gasteiger partial charge in [-0.15, -0.1) is 0 Å². The third-order valence-electron chi connectivity index (χ3n) is 4.68. The van der Waals surface area contributed by atoms with Crippen LogP contribution in [0.3, 0.4) is 0 Å². The van der Waals surface area contributed by atoms with Crippen LogP contribution < -0.4 is 5.32 Å². The number of carbonyl (C=O) groups excluding carboxylic acids is 2. The Bertz CT molecular complexity index is 910. The van der Waals surface area contributed by atoms with E-state index < -0.39 is 0 Å². The molecule has 1 aliphatic rings.